The van der Waals surface area contributed by atoms with Gasteiger partial charge < -0.3 is 10.3 Å². The largest absolute Gasteiger partial charge is 0.399 e. The summed E-state index contributed by atoms with van der Waals surface area (Å²) in [6, 6.07) is 12.0. The van der Waals surface area contributed by atoms with Gasteiger partial charge in [-0.25, -0.2) is 4.98 Å². The maximum atomic E-state index is 5.85. The number of nitrogens with two attached hydrogens (primary N) is 1. The Kier molecular flexibility index (Phi) is 3.14. The Hall–Kier alpha value is -2.36. The van der Waals surface area contributed by atoms with Gasteiger partial charge in [0.25, 0.3) is 0 Å². The average molecular weight is 266 g/mol. The van der Waals surface area contributed by atoms with E-state index in [2.05, 4.69) is 23.4 Å². The van der Waals surface area contributed by atoms with Gasteiger partial charge in [0.2, 0.25) is 0 Å². The molecule has 0 radical (unpaired) electrons. The van der Waals surface area contributed by atoms with Crippen LogP contribution in [0.5, 0.6) is 0 Å². The highest BCUT2D eigenvalue weighted by Crippen LogP contribution is 2.26. The fourth-order valence-corrected chi connectivity index (χ4v) is 2.60. The van der Waals surface area contributed by atoms with E-state index in [1.807, 2.05) is 42.6 Å². The van der Waals surface area contributed by atoms with Gasteiger partial charge in [0, 0.05) is 18.3 Å². The standard InChI is InChI=1S/C16H18N4/c1-3-16-19-14-10-12(17)7-8-15(14)20(16)11(2)13-6-4-5-9-18-13/h4-11H,3,17H2,1-2H3. The normalized spacial score (nSPS) is 12.7. The second kappa shape index (κ2) is 4.96. The molecule has 0 aliphatic heterocycles. The maximum Gasteiger partial charge on any atom is 0.110 e. The summed E-state index contributed by atoms with van der Waals surface area (Å²) >= 11 is 0. The Morgan fingerprint density at radius 1 is 1.25 bits per heavy atom. The summed E-state index contributed by atoms with van der Waals surface area (Å²) in [6.45, 7) is 4.27. The van der Waals surface area contributed by atoms with Crippen molar-refractivity contribution in [3.63, 3.8) is 0 Å². The topological polar surface area (TPSA) is 56.7 Å². The highest BCUT2D eigenvalue weighted by Gasteiger charge is 2.17. The van der Waals surface area contributed by atoms with Crippen molar-refractivity contribution in [1.29, 1.82) is 0 Å². The van der Waals surface area contributed by atoms with Crippen LogP contribution in [0.3, 0.4) is 0 Å². The second-order valence-corrected chi connectivity index (χ2v) is 4.93. The maximum absolute atomic E-state index is 5.85. The average Bonchev–Trinajstić information content (AvgIpc) is 2.84. The summed E-state index contributed by atoms with van der Waals surface area (Å²) in [6.07, 6.45) is 2.71. The molecule has 3 rings (SSSR count). The molecule has 1 unspecified atom stereocenters. The molecule has 4 nitrogen and oxygen atoms in total. The van der Waals surface area contributed by atoms with Gasteiger partial charge in [-0.2, -0.15) is 0 Å². The Bertz CT molecular complexity index is 731. The lowest BCUT2D eigenvalue weighted by Crippen LogP contribution is -2.11. The van der Waals surface area contributed by atoms with Crippen LogP contribution in [0, 0.1) is 0 Å². The number of pyridine rings is 1. The number of rotatable bonds is 3. The summed E-state index contributed by atoms with van der Waals surface area (Å²) in [7, 11) is 0. The Labute approximate surface area is 118 Å². The molecule has 0 saturated carbocycles. The van der Waals surface area contributed by atoms with Crippen molar-refractivity contribution in [2.24, 2.45) is 0 Å². The summed E-state index contributed by atoms with van der Waals surface area (Å²) in [5.41, 5.74) is 9.69. The van der Waals surface area contributed by atoms with E-state index < -0.39 is 0 Å². The SMILES string of the molecule is CCc1nc2cc(N)ccc2n1C(C)c1ccccn1. The van der Waals surface area contributed by atoms with Crippen molar-refractivity contribution in [3.05, 3.63) is 54.1 Å². The summed E-state index contributed by atoms with van der Waals surface area (Å²) < 4.78 is 2.25. The van der Waals surface area contributed by atoms with Gasteiger partial charge in [-0.15, -0.1) is 0 Å². The number of fused-ring (bicyclic) bond motifs is 1. The van der Waals surface area contributed by atoms with Crippen LogP contribution in [0.15, 0.2) is 42.6 Å². The number of aryl methyl sites for hydroxylation is 1. The van der Waals surface area contributed by atoms with Gasteiger partial charge in [-0.05, 0) is 37.3 Å². The third kappa shape index (κ3) is 2.03. The minimum Gasteiger partial charge on any atom is -0.399 e. The Balaban J connectivity index is 2.19. The monoisotopic (exact) mass is 266 g/mol. The van der Waals surface area contributed by atoms with E-state index in [1.165, 1.54) is 0 Å². The number of nitrogens with zero attached hydrogens (tertiary/aromatic N) is 3. The molecule has 0 bridgehead atoms. The first kappa shape index (κ1) is 12.7. The van der Waals surface area contributed by atoms with Crippen LogP contribution in [-0.2, 0) is 6.42 Å². The first-order valence-electron chi connectivity index (χ1n) is 6.88. The molecule has 1 aromatic carbocycles. The molecule has 2 aromatic heterocycles. The zero-order valence-electron chi connectivity index (χ0n) is 11.7. The second-order valence-electron chi connectivity index (χ2n) is 4.93. The molecule has 20 heavy (non-hydrogen) atoms. The summed E-state index contributed by atoms with van der Waals surface area (Å²) in [4.78, 5) is 9.15. The van der Waals surface area contributed by atoms with Crippen LogP contribution in [0.1, 0.15) is 31.4 Å². The predicted molar refractivity (Wildman–Crippen MR) is 81.6 cm³/mol. The molecule has 102 valence electrons. The van der Waals surface area contributed by atoms with Gasteiger partial charge in [0.05, 0.1) is 22.8 Å². The van der Waals surface area contributed by atoms with Crippen molar-refractivity contribution < 1.29 is 0 Å². The number of anilines is 1. The first-order chi connectivity index (χ1) is 9.70. The van der Waals surface area contributed by atoms with Crippen LogP contribution >= 0.6 is 0 Å². The van der Waals surface area contributed by atoms with Crippen molar-refractivity contribution >= 4 is 16.7 Å². The Morgan fingerprint density at radius 3 is 2.80 bits per heavy atom. The fraction of sp³-hybridized carbons (Fsp3) is 0.250. The number of nitrogen functional groups attached to an aromatic ring is 1. The molecule has 0 aliphatic rings. The van der Waals surface area contributed by atoms with E-state index in [9.17, 15) is 0 Å². The lowest BCUT2D eigenvalue weighted by molar-refractivity contribution is 0.607. The number of hydrogen-bond acceptors (Lipinski definition) is 3. The zero-order chi connectivity index (χ0) is 14.1. The lowest BCUT2D eigenvalue weighted by atomic mass is 10.2. The fourth-order valence-electron chi connectivity index (χ4n) is 2.60. The molecular formula is C16H18N4. The smallest absolute Gasteiger partial charge is 0.110 e. The minimum absolute atomic E-state index is 0.153. The molecule has 0 saturated heterocycles. The van der Waals surface area contributed by atoms with E-state index in [4.69, 9.17) is 10.7 Å². The van der Waals surface area contributed by atoms with Crippen molar-refractivity contribution in [1.82, 2.24) is 14.5 Å². The highest BCUT2D eigenvalue weighted by molar-refractivity contribution is 5.80. The number of imidazole rings is 1. The van der Waals surface area contributed by atoms with Crippen LogP contribution in [0.4, 0.5) is 5.69 Å². The quantitative estimate of drug-likeness (QED) is 0.741. The van der Waals surface area contributed by atoms with Crippen LogP contribution in [0.25, 0.3) is 11.0 Å². The minimum atomic E-state index is 0.153. The molecule has 2 heterocycles. The molecule has 0 spiro atoms. The van der Waals surface area contributed by atoms with Gasteiger partial charge in [-0.1, -0.05) is 13.0 Å². The number of aromatic nitrogens is 3. The van der Waals surface area contributed by atoms with E-state index in [0.717, 1.165) is 34.7 Å². The lowest BCUT2D eigenvalue weighted by Gasteiger charge is -2.16. The predicted octanol–water partition coefficient (Wildman–Crippen LogP) is 3.19. The van der Waals surface area contributed by atoms with E-state index >= 15 is 0 Å². The van der Waals surface area contributed by atoms with E-state index in [1.54, 1.807) is 0 Å². The van der Waals surface area contributed by atoms with Crippen LogP contribution in [0.2, 0.25) is 0 Å². The number of hydrogen-bond donors (Lipinski definition) is 1. The van der Waals surface area contributed by atoms with Crippen molar-refractivity contribution in [3.8, 4) is 0 Å². The molecule has 1 atom stereocenters. The van der Waals surface area contributed by atoms with Crippen LogP contribution in [-0.4, -0.2) is 14.5 Å². The summed E-state index contributed by atoms with van der Waals surface area (Å²) in [5.74, 6) is 1.06. The Morgan fingerprint density at radius 2 is 2.10 bits per heavy atom. The van der Waals surface area contributed by atoms with Gasteiger partial charge >= 0.3 is 0 Å². The first-order valence-corrected chi connectivity index (χ1v) is 6.88. The molecular weight excluding hydrogens is 248 g/mol. The summed E-state index contributed by atoms with van der Waals surface area (Å²) in [5, 5.41) is 0. The van der Waals surface area contributed by atoms with Gasteiger partial charge in [-0.3, -0.25) is 4.98 Å². The third-order valence-electron chi connectivity index (χ3n) is 3.61. The van der Waals surface area contributed by atoms with Gasteiger partial charge in [0.1, 0.15) is 5.82 Å². The van der Waals surface area contributed by atoms with Crippen molar-refractivity contribution in [2.45, 2.75) is 26.3 Å². The molecule has 0 aliphatic carbocycles. The molecule has 0 amide bonds. The van der Waals surface area contributed by atoms with Crippen molar-refractivity contribution in [2.75, 3.05) is 5.73 Å². The molecule has 3 aromatic rings. The number of benzene rings is 1. The zero-order valence-corrected chi connectivity index (χ0v) is 11.7. The van der Waals surface area contributed by atoms with Gasteiger partial charge in [0.15, 0.2) is 0 Å². The molecule has 4 heteroatoms. The molecule has 2 N–H and O–H groups in total. The van der Waals surface area contributed by atoms with E-state index in [0.29, 0.717) is 0 Å². The third-order valence-corrected chi connectivity index (χ3v) is 3.61. The van der Waals surface area contributed by atoms with E-state index in [-0.39, 0.29) is 6.04 Å². The molecule has 0 fully saturated rings. The highest BCUT2D eigenvalue weighted by atomic mass is 15.1. The van der Waals surface area contributed by atoms with Crippen LogP contribution < -0.4 is 5.73 Å².